The molecule has 0 saturated heterocycles. The van der Waals surface area contributed by atoms with Gasteiger partial charge in [-0.3, -0.25) is 0 Å². The van der Waals surface area contributed by atoms with E-state index >= 15 is 0 Å². The molecule has 2 N–H and O–H groups in total. The molecule has 176 valence electrons. The van der Waals surface area contributed by atoms with Gasteiger partial charge < -0.3 is 20.1 Å². The van der Waals surface area contributed by atoms with Crippen molar-refractivity contribution >= 4 is 23.0 Å². The Hall–Kier alpha value is -2.76. The van der Waals surface area contributed by atoms with E-state index in [-0.39, 0.29) is 16.5 Å². The number of ether oxygens (including phenoxy) is 2. The normalized spacial score (nSPS) is 11.9. The van der Waals surface area contributed by atoms with Crippen molar-refractivity contribution in [3.05, 3.63) is 53.6 Å². The zero-order valence-electron chi connectivity index (χ0n) is 16.6. The van der Waals surface area contributed by atoms with E-state index in [0.29, 0.717) is 6.54 Å². The minimum Gasteiger partial charge on any atom is -0.487 e. The molecule has 0 aromatic heterocycles. The van der Waals surface area contributed by atoms with Crippen LogP contribution in [0.1, 0.15) is 11.1 Å². The Bertz CT molecular complexity index is 906. The van der Waals surface area contributed by atoms with Crippen LogP contribution in [0, 0.1) is 6.92 Å². The predicted molar refractivity (Wildman–Crippen MR) is 109 cm³/mol. The third-order valence-electron chi connectivity index (χ3n) is 3.86. The highest BCUT2D eigenvalue weighted by Gasteiger charge is 2.41. The number of aryl methyl sites for hydroxylation is 1. The van der Waals surface area contributed by atoms with Crippen LogP contribution in [0.4, 0.5) is 36.4 Å². The van der Waals surface area contributed by atoms with Crippen LogP contribution in [-0.4, -0.2) is 36.9 Å². The zero-order valence-corrected chi connectivity index (χ0v) is 17.4. The molecule has 0 aliphatic rings. The standard InChI is InChI=1S/C20H19F7N2O2S/c1-12-2-4-13(5-3-12)9-28-18(32)29-14-6-15(30-10-19(23,24)17(21)22)8-16(7-14)31-11-20(25,26)27/h2-8,17H,9-11H2,1H3,(H2,28,29,32). The molecule has 0 spiro atoms. The van der Waals surface area contributed by atoms with E-state index in [1.165, 1.54) is 0 Å². The monoisotopic (exact) mass is 484 g/mol. The molecule has 0 bridgehead atoms. The molecule has 0 heterocycles. The minimum absolute atomic E-state index is 0.0430. The minimum atomic E-state index is -4.65. The van der Waals surface area contributed by atoms with Gasteiger partial charge in [0.15, 0.2) is 18.3 Å². The van der Waals surface area contributed by atoms with Gasteiger partial charge in [-0.15, -0.1) is 0 Å². The van der Waals surface area contributed by atoms with Gasteiger partial charge in [0.05, 0.1) is 0 Å². The van der Waals surface area contributed by atoms with E-state index < -0.39 is 37.5 Å². The summed E-state index contributed by atoms with van der Waals surface area (Å²) >= 11 is 5.13. The average molecular weight is 484 g/mol. The highest BCUT2D eigenvalue weighted by molar-refractivity contribution is 7.80. The van der Waals surface area contributed by atoms with Gasteiger partial charge in [-0.05, 0) is 24.7 Å². The molecular formula is C20H19F7N2O2S. The Labute approximate surface area is 184 Å². The van der Waals surface area contributed by atoms with Crippen LogP contribution >= 0.6 is 12.2 Å². The fourth-order valence-electron chi connectivity index (χ4n) is 2.28. The van der Waals surface area contributed by atoms with E-state index in [9.17, 15) is 30.7 Å². The van der Waals surface area contributed by atoms with Crippen molar-refractivity contribution in [2.45, 2.75) is 32.0 Å². The lowest BCUT2D eigenvalue weighted by Crippen LogP contribution is -2.33. The van der Waals surface area contributed by atoms with Crippen molar-refractivity contribution < 1.29 is 40.2 Å². The Kier molecular flexibility index (Phi) is 8.53. The summed E-state index contributed by atoms with van der Waals surface area (Å²) in [4.78, 5) is 0. The third kappa shape index (κ3) is 8.77. The van der Waals surface area contributed by atoms with Gasteiger partial charge in [0.25, 0.3) is 0 Å². The molecule has 0 radical (unpaired) electrons. The summed E-state index contributed by atoms with van der Waals surface area (Å²) in [6.45, 7) is -1.07. The number of anilines is 1. The van der Waals surface area contributed by atoms with Crippen LogP contribution in [0.5, 0.6) is 11.5 Å². The third-order valence-corrected chi connectivity index (χ3v) is 4.11. The smallest absolute Gasteiger partial charge is 0.422 e. The first-order valence-electron chi connectivity index (χ1n) is 9.08. The first-order valence-corrected chi connectivity index (χ1v) is 9.49. The Morgan fingerprint density at radius 3 is 2.03 bits per heavy atom. The number of hydrogen-bond acceptors (Lipinski definition) is 3. The summed E-state index contributed by atoms with van der Waals surface area (Å²) in [7, 11) is 0. The summed E-state index contributed by atoms with van der Waals surface area (Å²) in [5.41, 5.74) is 2.01. The van der Waals surface area contributed by atoms with E-state index in [1.807, 2.05) is 31.2 Å². The predicted octanol–water partition coefficient (Wildman–Crippen LogP) is 5.70. The zero-order chi connectivity index (χ0) is 23.9. The molecule has 4 nitrogen and oxygen atoms in total. The molecule has 2 aromatic rings. The molecule has 0 atom stereocenters. The number of hydrogen-bond donors (Lipinski definition) is 2. The topological polar surface area (TPSA) is 42.5 Å². The molecular weight excluding hydrogens is 465 g/mol. The van der Waals surface area contributed by atoms with Crippen LogP contribution in [0.15, 0.2) is 42.5 Å². The van der Waals surface area contributed by atoms with E-state index in [2.05, 4.69) is 20.1 Å². The van der Waals surface area contributed by atoms with Crippen molar-refractivity contribution in [2.24, 2.45) is 0 Å². The first-order chi connectivity index (χ1) is 14.8. The van der Waals surface area contributed by atoms with Gasteiger partial charge in [-0.25, -0.2) is 8.78 Å². The largest absolute Gasteiger partial charge is 0.487 e. The van der Waals surface area contributed by atoms with Crippen molar-refractivity contribution in [3.8, 4) is 11.5 Å². The molecule has 12 heteroatoms. The lowest BCUT2D eigenvalue weighted by molar-refractivity contribution is -0.153. The molecule has 0 aliphatic heterocycles. The molecule has 0 aliphatic carbocycles. The SMILES string of the molecule is Cc1ccc(CNC(=S)Nc2cc(OCC(F)(F)F)cc(OCC(F)(F)C(F)F)c2)cc1. The summed E-state index contributed by atoms with van der Waals surface area (Å²) < 4.78 is 97.5. The van der Waals surface area contributed by atoms with Crippen LogP contribution < -0.4 is 20.1 Å². The lowest BCUT2D eigenvalue weighted by atomic mass is 10.1. The summed E-state index contributed by atoms with van der Waals surface area (Å²) in [6, 6.07) is 10.6. The maximum Gasteiger partial charge on any atom is 0.422 e. The van der Waals surface area contributed by atoms with Gasteiger partial charge in [-0.2, -0.15) is 22.0 Å². The number of nitrogens with one attached hydrogen (secondary N) is 2. The highest BCUT2D eigenvalue weighted by atomic mass is 32.1. The second-order valence-electron chi connectivity index (χ2n) is 6.74. The van der Waals surface area contributed by atoms with Crippen molar-refractivity contribution in [3.63, 3.8) is 0 Å². The fourth-order valence-corrected chi connectivity index (χ4v) is 2.47. The molecule has 0 fully saturated rings. The van der Waals surface area contributed by atoms with Gasteiger partial charge in [0.2, 0.25) is 0 Å². The van der Waals surface area contributed by atoms with Gasteiger partial charge in [0.1, 0.15) is 11.5 Å². The number of thiocarbonyl (C=S) groups is 1. The molecule has 32 heavy (non-hydrogen) atoms. The van der Waals surface area contributed by atoms with Crippen molar-refractivity contribution in [1.29, 1.82) is 0 Å². The Balaban J connectivity index is 2.10. The quantitative estimate of drug-likeness (QED) is 0.353. The van der Waals surface area contributed by atoms with Crippen LogP contribution in [0.2, 0.25) is 0 Å². The fraction of sp³-hybridized carbons (Fsp3) is 0.350. The number of benzene rings is 2. The maximum absolute atomic E-state index is 13.1. The van der Waals surface area contributed by atoms with Crippen molar-refractivity contribution in [1.82, 2.24) is 5.32 Å². The second-order valence-corrected chi connectivity index (χ2v) is 7.15. The number of rotatable bonds is 9. The number of halogens is 7. The maximum atomic E-state index is 13.1. The van der Waals surface area contributed by atoms with E-state index in [1.54, 1.807) is 0 Å². The summed E-state index contributed by atoms with van der Waals surface area (Å²) in [5.74, 6) is -5.24. The molecule has 0 amide bonds. The Morgan fingerprint density at radius 2 is 1.50 bits per heavy atom. The second kappa shape index (κ2) is 10.7. The highest BCUT2D eigenvalue weighted by Crippen LogP contribution is 2.30. The molecule has 0 saturated carbocycles. The first kappa shape index (κ1) is 25.5. The Morgan fingerprint density at radius 1 is 0.938 bits per heavy atom. The van der Waals surface area contributed by atoms with E-state index in [4.69, 9.17) is 12.2 Å². The molecule has 2 aromatic carbocycles. The summed E-state index contributed by atoms with van der Waals surface area (Å²) in [5, 5.41) is 5.61. The average Bonchev–Trinajstić information content (AvgIpc) is 2.70. The molecule has 2 rings (SSSR count). The van der Waals surface area contributed by atoms with Crippen LogP contribution in [0.25, 0.3) is 0 Å². The van der Waals surface area contributed by atoms with Crippen LogP contribution in [-0.2, 0) is 6.54 Å². The van der Waals surface area contributed by atoms with Gasteiger partial charge in [0, 0.05) is 30.4 Å². The van der Waals surface area contributed by atoms with E-state index in [0.717, 1.165) is 29.3 Å². The van der Waals surface area contributed by atoms with Gasteiger partial charge in [-0.1, -0.05) is 29.8 Å². The summed E-state index contributed by atoms with van der Waals surface area (Å²) in [6.07, 6.45) is -8.62. The van der Waals surface area contributed by atoms with Gasteiger partial charge >= 0.3 is 18.5 Å². The molecule has 0 unspecified atom stereocenters. The lowest BCUT2D eigenvalue weighted by Gasteiger charge is -2.18. The number of alkyl halides is 7. The van der Waals surface area contributed by atoms with Crippen LogP contribution in [0.3, 0.4) is 0 Å². The van der Waals surface area contributed by atoms with Crippen molar-refractivity contribution in [2.75, 3.05) is 18.5 Å².